The Morgan fingerprint density at radius 3 is 1.72 bits per heavy atom. The topological polar surface area (TPSA) is 6.48 Å². The molecule has 0 spiro atoms. The van der Waals surface area contributed by atoms with E-state index < -0.39 is 0 Å². The summed E-state index contributed by atoms with van der Waals surface area (Å²) in [6.45, 7) is 17.7. The highest BCUT2D eigenvalue weighted by Crippen LogP contribution is 2.47. The van der Waals surface area contributed by atoms with Gasteiger partial charge < -0.3 is 9.80 Å². The highest BCUT2D eigenvalue weighted by molar-refractivity contribution is 8.00. The van der Waals surface area contributed by atoms with E-state index >= 15 is 0 Å². The van der Waals surface area contributed by atoms with Gasteiger partial charge in [0.1, 0.15) is 0 Å². The molecule has 1 atom stereocenters. The Bertz CT molecular complexity index is 2390. The standard InChI is InChI=1S/C50H50N2S2/c1-33-13-9-16-41(25-33)51(48-32-46(24-23-39(48)7)54-44-19-11-15-35(3)27-44)49-29-37(5)30-50(40(49)8)52(47-28-36(4)21-22-38(47)6)42-17-12-20-45(31-42)53-43-18-10-14-34(2)26-43/h9-17,19-32,43H,18H2,1-8H3. The summed E-state index contributed by atoms with van der Waals surface area (Å²) in [6, 6.07) is 45.2. The molecular formula is C50H50N2S2. The summed E-state index contributed by atoms with van der Waals surface area (Å²) in [5, 5.41) is 0.428. The van der Waals surface area contributed by atoms with E-state index in [0.717, 1.165) is 17.8 Å². The largest absolute Gasteiger partial charge is 0.310 e. The number of allylic oxidation sites excluding steroid dienone is 3. The first kappa shape index (κ1) is 37.4. The number of rotatable bonds is 10. The second kappa shape index (κ2) is 16.2. The van der Waals surface area contributed by atoms with Gasteiger partial charge in [-0.2, -0.15) is 0 Å². The maximum absolute atomic E-state index is 2.49. The first-order valence-electron chi connectivity index (χ1n) is 18.8. The fraction of sp³-hybridized carbons (Fsp3) is 0.200. The van der Waals surface area contributed by atoms with Crippen LogP contribution in [0.15, 0.2) is 160 Å². The average Bonchev–Trinajstić information content (AvgIpc) is 3.13. The third kappa shape index (κ3) is 8.41. The zero-order valence-electron chi connectivity index (χ0n) is 32.8. The second-order valence-electron chi connectivity index (χ2n) is 14.8. The fourth-order valence-electron chi connectivity index (χ4n) is 7.29. The first-order chi connectivity index (χ1) is 26.0. The Balaban J connectivity index is 1.40. The number of hydrogen-bond acceptors (Lipinski definition) is 4. The SMILES string of the molecule is CC1=CC(Sc2cccc(N(c3cc(C)ccc3C)c3cc(C)cc(N(c4cccc(C)c4)c4cc(Sc5cccc(C)c5)ccc4C)c3C)c2)CC=C1. The molecule has 2 nitrogen and oxygen atoms in total. The smallest absolute Gasteiger partial charge is 0.0514 e. The lowest BCUT2D eigenvalue weighted by Gasteiger charge is -2.34. The van der Waals surface area contributed by atoms with Crippen molar-refractivity contribution >= 4 is 57.6 Å². The van der Waals surface area contributed by atoms with Crippen LogP contribution in [0.3, 0.4) is 0 Å². The van der Waals surface area contributed by atoms with Crippen molar-refractivity contribution in [3.8, 4) is 0 Å². The van der Waals surface area contributed by atoms with E-state index in [-0.39, 0.29) is 0 Å². The van der Waals surface area contributed by atoms with Gasteiger partial charge in [-0.1, -0.05) is 89.7 Å². The molecule has 1 aliphatic carbocycles. The van der Waals surface area contributed by atoms with E-state index in [1.54, 1.807) is 0 Å². The van der Waals surface area contributed by atoms with Gasteiger partial charge in [-0.15, -0.1) is 11.8 Å². The molecule has 4 heteroatoms. The fourth-order valence-corrected chi connectivity index (χ4v) is 9.45. The second-order valence-corrected chi connectivity index (χ2v) is 17.3. The van der Waals surface area contributed by atoms with Gasteiger partial charge in [0.15, 0.2) is 0 Å². The van der Waals surface area contributed by atoms with Gasteiger partial charge in [0.25, 0.3) is 0 Å². The summed E-state index contributed by atoms with van der Waals surface area (Å²) in [4.78, 5) is 8.71. The van der Waals surface area contributed by atoms with Crippen molar-refractivity contribution in [1.29, 1.82) is 0 Å². The minimum absolute atomic E-state index is 0.428. The Morgan fingerprint density at radius 1 is 0.481 bits per heavy atom. The maximum Gasteiger partial charge on any atom is 0.0514 e. The molecule has 6 aromatic rings. The predicted molar refractivity (Wildman–Crippen MR) is 237 cm³/mol. The molecule has 272 valence electrons. The molecule has 0 amide bonds. The van der Waals surface area contributed by atoms with Gasteiger partial charge in [0, 0.05) is 37.0 Å². The van der Waals surface area contributed by atoms with E-state index in [0.29, 0.717) is 5.25 Å². The van der Waals surface area contributed by atoms with E-state index in [2.05, 4.69) is 205 Å². The number of anilines is 6. The lowest BCUT2D eigenvalue weighted by atomic mass is 10.0. The molecule has 54 heavy (non-hydrogen) atoms. The first-order valence-corrected chi connectivity index (χ1v) is 20.5. The third-order valence-electron chi connectivity index (χ3n) is 10.1. The molecule has 0 saturated carbocycles. The van der Waals surface area contributed by atoms with Crippen LogP contribution >= 0.6 is 23.5 Å². The maximum atomic E-state index is 2.49. The average molecular weight is 743 g/mol. The van der Waals surface area contributed by atoms with Crippen LogP contribution in [0.4, 0.5) is 34.1 Å². The van der Waals surface area contributed by atoms with Crippen molar-refractivity contribution in [1.82, 2.24) is 0 Å². The third-order valence-corrected chi connectivity index (χ3v) is 12.2. The van der Waals surface area contributed by atoms with E-state index in [1.165, 1.54) is 82.0 Å². The molecule has 0 heterocycles. The molecule has 0 N–H and O–H groups in total. The van der Waals surface area contributed by atoms with Crippen LogP contribution in [0, 0.1) is 48.5 Å². The Morgan fingerprint density at radius 2 is 1.04 bits per heavy atom. The Hall–Kier alpha value is -4.90. The predicted octanol–water partition coefficient (Wildman–Crippen LogP) is 15.3. The van der Waals surface area contributed by atoms with Crippen LogP contribution in [0.1, 0.15) is 52.3 Å². The molecule has 0 saturated heterocycles. The molecule has 0 aromatic heterocycles. The highest BCUT2D eigenvalue weighted by Gasteiger charge is 2.24. The molecule has 0 radical (unpaired) electrons. The van der Waals surface area contributed by atoms with Gasteiger partial charge in [0.05, 0.1) is 17.1 Å². The van der Waals surface area contributed by atoms with Crippen LogP contribution in [0.25, 0.3) is 0 Å². The quantitative estimate of drug-likeness (QED) is 0.138. The molecule has 0 fully saturated rings. The zero-order valence-corrected chi connectivity index (χ0v) is 34.4. The number of hydrogen-bond donors (Lipinski definition) is 0. The van der Waals surface area contributed by atoms with E-state index in [1.807, 2.05) is 23.5 Å². The number of thioether (sulfide) groups is 1. The minimum Gasteiger partial charge on any atom is -0.310 e. The molecule has 1 aliphatic rings. The minimum atomic E-state index is 0.428. The molecule has 0 aliphatic heterocycles. The van der Waals surface area contributed by atoms with Crippen molar-refractivity contribution in [2.24, 2.45) is 0 Å². The van der Waals surface area contributed by atoms with Crippen LogP contribution in [0.5, 0.6) is 0 Å². The zero-order chi connectivity index (χ0) is 37.9. The van der Waals surface area contributed by atoms with Crippen LogP contribution in [0.2, 0.25) is 0 Å². The summed E-state index contributed by atoms with van der Waals surface area (Å²) in [5.74, 6) is 0. The lowest BCUT2D eigenvalue weighted by molar-refractivity contribution is 1.03. The van der Waals surface area contributed by atoms with E-state index in [4.69, 9.17) is 0 Å². The van der Waals surface area contributed by atoms with Crippen molar-refractivity contribution in [2.75, 3.05) is 9.80 Å². The summed E-state index contributed by atoms with van der Waals surface area (Å²) in [7, 11) is 0. The number of nitrogens with zero attached hydrogens (tertiary/aromatic N) is 2. The summed E-state index contributed by atoms with van der Waals surface area (Å²) < 4.78 is 0. The molecule has 7 rings (SSSR count). The molecule has 0 bridgehead atoms. The van der Waals surface area contributed by atoms with Gasteiger partial charge >= 0.3 is 0 Å². The summed E-state index contributed by atoms with van der Waals surface area (Å²) in [6.07, 6.45) is 7.98. The summed E-state index contributed by atoms with van der Waals surface area (Å²) in [5.41, 5.74) is 17.0. The van der Waals surface area contributed by atoms with Crippen LogP contribution in [-0.4, -0.2) is 5.25 Å². The van der Waals surface area contributed by atoms with Gasteiger partial charge in [0.2, 0.25) is 0 Å². The molecule has 1 unspecified atom stereocenters. The van der Waals surface area contributed by atoms with Gasteiger partial charge in [-0.05, 0) is 168 Å². The van der Waals surface area contributed by atoms with Crippen molar-refractivity contribution in [3.05, 3.63) is 184 Å². The van der Waals surface area contributed by atoms with Gasteiger partial charge in [-0.3, -0.25) is 0 Å². The monoisotopic (exact) mass is 742 g/mol. The Kier molecular flexibility index (Phi) is 11.2. The van der Waals surface area contributed by atoms with Crippen LogP contribution in [-0.2, 0) is 0 Å². The highest BCUT2D eigenvalue weighted by atomic mass is 32.2. The number of benzene rings is 6. The molecular weight excluding hydrogens is 693 g/mol. The van der Waals surface area contributed by atoms with Crippen molar-refractivity contribution < 1.29 is 0 Å². The van der Waals surface area contributed by atoms with Crippen LogP contribution < -0.4 is 9.80 Å². The Labute approximate surface area is 331 Å². The van der Waals surface area contributed by atoms with Crippen molar-refractivity contribution in [2.45, 2.75) is 81.7 Å². The summed E-state index contributed by atoms with van der Waals surface area (Å²) >= 11 is 3.77. The van der Waals surface area contributed by atoms with Gasteiger partial charge in [-0.25, -0.2) is 0 Å². The molecule has 6 aromatic carbocycles. The van der Waals surface area contributed by atoms with E-state index in [9.17, 15) is 0 Å². The van der Waals surface area contributed by atoms with Crippen molar-refractivity contribution in [3.63, 3.8) is 0 Å². The number of aryl methyl sites for hydroxylation is 6. The lowest BCUT2D eigenvalue weighted by Crippen LogP contribution is -2.17. The normalized spacial score (nSPS) is 13.9.